The minimum Gasteiger partial charge on any atom is -0.504 e. The van der Waals surface area contributed by atoms with Crippen molar-refractivity contribution in [2.24, 2.45) is 0 Å². The Hall–Kier alpha value is -2.70. The summed E-state index contributed by atoms with van der Waals surface area (Å²) in [6, 6.07) is 9.53. The molecule has 25 heavy (non-hydrogen) atoms. The van der Waals surface area contributed by atoms with Crippen LogP contribution in [0.2, 0.25) is 10.0 Å². The molecule has 3 aromatic rings. The van der Waals surface area contributed by atoms with E-state index in [-0.39, 0.29) is 28.9 Å². The average Bonchev–Trinajstić information content (AvgIpc) is 2.60. The lowest BCUT2D eigenvalue weighted by molar-refractivity contribution is -0.484. The number of rotatable bonds is 4. The SMILES string of the molecule is O=[N+](Cc1ccccc1Cl)c1cnc(-c2cc(O)c(O)cc2Cl)cn1. The molecular formula is C17H12Cl2N3O3+. The van der Waals surface area contributed by atoms with Crippen LogP contribution in [0.4, 0.5) is 5.82 Å². The fourth-order valence-corrected chi connectivity index (χ4v) is 2.65. The number of benzene rings is 2. The zero-order chi connectivity index (χ0) is 18.0. The molecule has 1 heterocycles. The number of phenols is 2. The van der Waals surface area contributed by atoms with Crippen LogP contribution in [0.15, 0.2) is 48.8 Å². The van der Waals surface area contributed by atoms with Gasteiger partial charge in [-0.1, -0.05) is 46.3 Å². The first kappa shape index (κ1) is 17.1. The summed E-state index contributed by atoms with van der Waals surface area (Å²) in [5.74, 6) is -0.541. The highest BCUT2D eigenvalue weighted by Crippen LogP contribution is 2.36. The van der Waals surface area contributed by atoms with Crippen LogP contribution < -0.4 is 0 Å². The van der Waals surface area contributed by atoms with Crippen molar-refractivity contribution >= 4 is 29.0 Å². The highest BCUT2D eigenvalue weighted by molar-refractivity contribution is 6.33. The number of nitrogens with zero attached hydrogens (tertiary/aromatic N) is 3. The Labute approximate surface area is 152 Å². The zero-order valence-electron chi connectivity index (χ0n) is 12.7. The number of hydrogen-bond donors (Lipinski definition) is 2. The number of aromatic nitrogens is 2. The predicted octanol–water partition coefficient (Wildman–Crippen LogP) is 4.47. The summed E-state index contributed by atoms with van der Waals surface area (Å²) in [5, 5.41) is 19.7. The summed E-state index contributed by atoms with van der Waals surface area (Å²) in [6.45, 7) is 0.0362. The molecule has 0 saturated carbocycles. The first-order valence-electron chi connectivity index (χ1n) is 7.17. The van der Waals surface area contributed by atoms with E-state index in [0.29, 0.717) is 26.6 Å². The van der Waals surface area contributed by atoms with Crippen molar-refractivity contribution < 1.29 is 15.0 Å². The highest BCUT2D eigenvalue weighted by Gasteiger charge is 2.18. The maximum atomic E-state index is 12.2. The van der Waals surface area contributed by atoms with E-state index in [0.717, 1.165) is 0 Å². The maximum Gasteiger partial charge on any atom is 0.379 e. The van der Waals surface area contributed by atoms with Crippen molar-refractivity contribution in [1.82, 2.24) is 9.97 Å². The lowest BCUT2D eigenvalue weighted by Gasteiger charge is -2.04. The Morgan fingerprint density at radius 3 is 2.36 bits per heavy atom. The Morgan fingerprint density at radius 2 is 1.68 bits per heavy atom. The predicted molar refractivity (Wildman–Crippen MR) is 94.3 cm³/mol. The molecule has 1 aromatic heterocycles. The van der Waals surface area contributed by atoms with E-state index < -0.39 is 0 Å². The van der Waals surface area contributed by atoms with Crippen LogP contribution in [-0.2, 0) is 6.54 Å². The van der Waals surface area contributed by atoms with Crippen molar-refractivity contribution in [2.45, 2.75) is 6.54 Å². The van der Waals surface area contributed by atoms with Crippen molar-refractivity contribution in [1.29, 1.82) is 0 Å². The van der Waals surface area contributed by atoms with Gasteiger partial charge in [-0.25, -0.2) is 4.98 Å². The molecule has 0 amide bonds. The molecule has 0 spiro atoms. The number of phenolic OH excluding ortho intramolecular Hbond substituents is 2. The van der Waals surface area contributed by atoms with Crippen molar-refractivity contribution in [3.63, 3.8) is 0 Å². The van der Waals surface area contributed by atoms with Crippen LogP contribution in [-0.4, -0.2) is 24.9 Å². The second-order valence-electron chi connectivity index (χ2n) is 5.21. The number of nitroso groups, excluding NO2 is 1. The fourth-order valence-electron chi connectivity index (χ4n) is 2.20. The van der Waals surface area contributed by atoms with Gasteiger partial charge in [-0.2, -0.15) is 0 Å². The van der Waals surface area contributed by atoms with Crippen LogP contribution in [0.3, 0.4) is 0 Å². The zero-order valence-corrected chi connectivity index (χ0v) is 14.2. The van der Waals surface area contributed by atoms with Crippen molar-refractivity contribution in [3.05, 3.63) is 69.3 Å². The van der Waals surface area contributed by atoms with E-state index in [1.807, 2.05) is 0 Å². The molecule has 2 N–H and O–H groups in total. The molecule has 0 aliphatic rings. The molecule has 0 fully saturated rings. The number of hydrogen-bond acceptors (Lipinski definition) is 5. The van der Waals surface area contributed by atoms with Crippen LogP contribution >= 0.6 is 23.2 Å². The summed E-state index contributed by atoms with van der Waals surface area (Å²) in [4.78, 5) is 20.5. The molecule has 2 aromatic carbocycles. The molecule has 0 saturated heterocycles. The van der Waals surface area contributed by atoms with E-state index in [9.17, 15) is 15.1 Å². The summed E-state index contributed by atoms with van der Waals surface area (Å²) in [6.07, 6.45) is 2.67. The topological polar surface area (TPSA) is 86.3 Å². The van der Waals surface area contributed by atoms with Gasteiger partial charge < -0.3 is 10.2 Å². The van der Waals surface area contributed by atoms with E-state index >= 15 is 0 Å². The molecule has 0 aliphatic carbocycles. The fraction of sp³-hybridized carbons (Fsp3) is 0.0588. The monoisotopic (exact) mass is 376 g/mol. The lowest BCUT2D eigenvalue weighted by atomic mass is 10.1. The molecule has 8 heteroatoms. The number of halogens is 2. The first-order valence-corrected chi connectivity index (χ1v) is 7.93. The molecule has 0 aliphatic heterocycles. The molecule has 126 valence electrons. The van der Waals surface area contributed by atoms with Crippen molar-refractivity contribution in [2.75, 3.05) is 0 Å². The minimum absolute atomic E-state index is 0.0362. The van der Waals surface area contributed by atoms with Crippen LogP contribution in [0, 0.1) is 4.91 Å². The molecule has 0 bridgehead atoms. The quantitative estimate of drug-likeness (QED) is 0.518. The van der Waals surface area contributed by atoms with Crippen LogP contribution in [0.25, 0.3) is 11.3 Å². The summed E-state index contributed by atoms with van der Waals surface area (Å²) < 4.78 is 0.674. The largest absolute Gasteiger partial charge is 0.504 e. The Balaban J connectivity index is 1.84. The summed E-state index contributed by atoms with van der Waals surface area (Å²) in [7, 11) is 0. The average molecular weight is 377 g/mol. The van der Waals surface area contributed by atoms with Gasteiger partial charge in [0.15, 0.2) is 24.2 Å². The van der Waals surface area contributed by atoms with Crippen molar-refractivity contribution in [3.8, 4) is 22.8 Å². The van der Waals surface area contributed by atoms with Gasteiger partial charge in [0.1, 0.15) is 11.9 Å². The molecule has 0 atom stereocenters. The van der Waals surface area contributed by atoms with Crippen LogP contribution in [0.5, 0.6) is 11.5 Å². The first-order chi connectivity index (χ1) is 12.0. The van der Waals surface area contributed by atoms with Gasteiger partial charge in [-0.3, -0.25) is 0 Å². The molecule has 3 rings (SSSR count). The third-order valence-electron chi connectivity index (χ3n) is 3.51. The highest BCUT2D eigenvalue weighted by atomic mass is 35.5. The third kappa shape index (κ3) is 3.70. The van der Waals surface area contributed by atoms with Gasteiger partial charge >= 0.3 is 5.82 Å². The molecular weight excluding hydrogens is 365 g/mol. The van der Waals surface area contributed by atoms with Gasteiger partial charge in [-0.15, -0.1) is 0 Å². The summed E-state index contributed by atoms with van der Waals surface area (Å²) >= 11 is 12.1. The molecule has 0 unspecified atom stereocenters. The maximum absolute atomic E-state index is 12.2. The van der Waals surface area contributed by atoms with Gasteiger partial charge in [-0.05, 0) is 21.9 Å². The summed E-state index contributed by atoms with van der Waals surface area (Å²) in [5.41, 5.74) is 1.42. The standard InChI is InChI=1S/C17H11Cl2N3O3/c18-12-4-2-1-3-10(12)9-22(25)17-8-20-14(7-21-17)11-5-15(23)16(24)6-13(11)19/h1-8H,9H2,(H-,20,21,23,24,25)/p+1. The smallest absolute Gasteiger partial charge is 0.379 e. The minimum atomic E-state index is -0.330. The third-order valence-corrected chi connectivity index (χ3v) is 4.19. The Bertz CT molecular complexity index is 946. The Morgan fingerprint density at radius 1 is 0.960 bits per heavy atom. The van der Waals surface area contributed by atoms with Crippen LogP contribution in [0.1, 0.15) is 5.56 Å². The van der Waals surface area contributed by atoms with E-state index in [1.165, 1.54) is 24.5 Å². The Kier molecular flexibility index (Phi) is 4.83. The normalized spacial score (nSPS) is 10.6. The van der Waals surface area contributed by atoms with E-state index in [1.54, 1.807) is 24.3 Å². The number of aromatic hydroxyl groups is 2. The second-order valence-corrected chi connectivity index (χ2v) is 6.02. The second kappa shape index (κ2) is 7.04. The van der Waals surface area contributed by atoms with Gasteiger partial charge in [0, 0.05) is 22.2 Å². The van der Waals surface area contributed by atoms with Gasteiger partial charge in [0.2, 0.25) is 0 Å². The van der Waals surface area contributed by atoms with Gasteiger partial charge in [0.05, 0.1) is 5.02 Å². The van der Waals surface area contributed by atoms with E-state index in [2.05, 4.69) is 9.97 Å². The molecule has 0 radical (unpaired) electrons. The van der Waals surface area contributed by atoms with Gasteiger partial charge in [0.25, 0.3) is 0 Å². The lowest BCUT2D eigenvalue weighted by Crippen LogP contribution is -2.04. The van der Waals surface area contributed by atoms with E-state index in [4.69, 9.17) is 23.2 Å². The molecule has 6 nitrogen and oxygen atoms in total.